The number of nitrogens with one attached hydrogen (secondary N) is 1. The van der Waals surface area contributed by atoms with E-state index in [1.165, 1.54) is 32.0 Å². The predicted octanol–water partition coefficient (Wildman–Crippen LogP) is 4.15. The number of aromatic nitrogens is 2. The fourth-order valence-electron chi connectivity index (χ4n) is 4.57. The smallest absolute Gasteiger partial charge is 0.272 e. The maximum absolute atomic E-state index is 13.3. The topological polar surface area (TPSA) is 104 Å². The van der Waals surface area contributed by atoms with Gasteiger partial charge in [-0.2, -0.15) is 0 Å². The quantitative estimate of drug-likeness (QED) is 0.555. The summed E-state index contributed by atoms with van der Waals surface area (Å²) >= 11 is 3.52. The number of halogens is 1. The molecule has 31 heavy (non-hydrogen) atoms. The second-order valence-corrected chi connectivity index (χ2v) is 10.5. The van der Waals surface area contributed by atoms with Crippen LogP contribution in [0.15, 0.2) is 44.4 Å². The van der Waals surface area contributed by atoms with Crippen molar-refractivity contribution in [2.45, 2.75) is 30.1 Å². The second kappa shape index (κ2) is 6.96. The molecule has 8 nitrogen and oxygen atoms in total. The highest BCUT2D eigenvalue weighted by Crippen LogP contribution is 2.62. The fourth-order valence-corrected chi connectivity index (χ4v) is 6.23. The summed E-state index contributed by atoms with van der Waals surface area (Å²) in [6.45, 7) is 2.21. The summed E-state index contributed by atoms with van der Waals surface area (Å²) < 4.78 is 46.1. The van der Waals surface area contributed by atoms with Crippen molar-refractivity contribution in [3.05, 3.63) is 46.1 Å². The first-order valence-electron chi connectivity index (χ1n) is 9.69. The van der Waals surface area contributed by atoms with Crippen molar-refractivity contribution < 1.29 is 22.4 Å². The van der Waals surface area contributed by atoms with Gasteiger partial charge in [-0.25, -0.2) is 13.4 Å². The monoisotopic (exact) mass is 505 g/mol. The van der Waals surface area contributed by atoms with E-state index in [1.807, 2.05) is 12.1 Å². The van der Waals surface area contributed by atoms with Gasteiger partial charge in [-0.05, 0) is 36.5 Å². The summed E-state index contributed by atoms with van der Waals surface area (Å²) in [5.74, 6) is 1.30. The molecule has 2 heterocycles. The third-order valence-corrected chi connectivity index (χ3v) is 8.11. The molecule has 1 saturated carbocycles. The second-order valence-electron chi connectivity index (χ2n) is 7.92. The summed E-state index contributed by atoms with van der Waals surface area (Å²) in [4.78, 5) is 3.81. The standard InChI is InChI=1S/C21H20BrN3O5S/c1-11-9-21(11)10-14-17(13-8-12(22)4-5-15(13)21)30-24-19(14)25-31(26,27)18-16(28-2)6-7-23-20(18)29-3/h4-8,11H,9-10H2,1-3H3,(H,24,25)/t11-,21+/m0/s1. The molecular formula is C21H20BrN3O5S. The largest absolute Gasteiger partial charge is 0.495 e. The number of hydrogen-bond donors (Lipinski definition) is 1. The Morgan fingerprint density at radius 2 is 2.03 bits per heavy atom. The Kier molecular flexibility index (Phi) is 4.56. The van der Waals surface area contributed by atoms with Crippen molar-refractivity contribution in [2.24, 2.45) is 5.92 Å². The molecule has 2 aromatic heterocycles. The van der Waals surface area contributed by atoms with Gasteiger partial charge in [0.05, 0.1) is 14.2 Å². The molecule has 3 aromatic rings. The van der Waals surface area contributed by atoms with Crippen LogP contribution in [0.1, 0.15) is 24.5 Å². The fraction of sp³-hybridized carbons (Fsp3) is 0.333. The van der Waals surface area contributed by atoms with Crippen molar-refractivity contribution in [1.82, 2.24) is 10.1 Å². The minimum atomic E-state index is -4.11. The van der Waals surface area contributed by atoms with E-state index in [1.54, 1.807) is 0 Å². The molecule has 2 aliphatic rings. The first-order valence-corrected chi connectivity index (χ1v) is 12.0. The third kappa shape index (κ3) is 3.03. The van der Waals surface area contributed by atoms with Crippen LogP contribution >= 0.6 is 15.9 Å². The summed E-state index contributed by atoms with van der Waals surface area (Å²) in [5, 5.41) is 4.08. The number of nitrogens with zero attached hydrogens (tertiary/aromatic N) is 2. The maximum atomic E-state index is 13.3. The third-order valence-electron chi connectivity index (χ3n) is 6.25. The molecule has 5 rings (SSSR count). The van der Waals surface area contributed by atoms with E-state index >= 15 is 0 Å². The Morgan fingerprint density at radius 3 is 2.71 bits per heavy atom. The van der Waals surface area contributed by atoms with Crippen LogP contribution in [0.5, 0.6) is 11.6 Å². The van der Waals surface area contributed by atoms with Crippen molar-refractivity contribution >= 4 is 31.8 Å². The molecule has 10 heteroatoms. The van der Waals surface area contributed by atoms with E-state index in [9.17, 15) is 8.42 Å². The number of rotatable bonds is 5. The Morgan fingerprint density at radius 1 is 1.26 bits per heavy atom. The summed E-state index contributed by atoms with van der Waals surface area (Å²) in [6.07, 6.45) is 3.10. The van der Waals surface area contributed by atoms with Gasteiger partial charge >= 0.3 is 0 Å². The molecule has 0 amide bonds. The molecule has 1 N–H and O–H groups in total. The first-order chi connectivity index (χ1) is 14.8. The van der Waals surface area contributed by atoms with Crippen LogP contribution in [0.25, 0.3) is 11.3 Å². The zero-order valence-corrected chi connectivity index (χ0v) is 19.5. The maximum Gasteiger partial charge on any atom is 0.272 e. The Labute approximate surface area is 188 Å². The molecule has 1 aromatic carbocycles. The molecule has 0 unspecified atom stereocenters. The van der Waals surface area contributed by atoms with Crippen LogP contribution < -0.4 is 14.2 Å². The number of hydrogen-bond acceptors (Lipinski definition) is 7. The van der Waals surface area contributed by atoms with Crippen LogP contribution in [0.2, 0.25) is 0 Å². The Bertz CT molecular complexity index is 1280. The lowest BCUT2D eigenvalue weighted by Crippen LogP contribution is -2.21. The highest BCUT2D eigenvalue weighted by atomic mass is 79.9. The Hall–Kier alpha value is -2.59. The van der Waals surface area contributed by atoms with Gasteiger partial charge in [-0.15, -0.1) is 0 Å². The molecule has 162 valence electrons. The van der Waals surface area contributed by atoms with E-state index < -0.39 is 10.0 Å². The van der Waals surface area contributed by atoms with Crippen molar-refractivity contribution in [3.8, 4) is 23.0 Å². The van der Waals surface area contributed by atoms with Crippen molar-refractivity contribution in [1.29, 1.82) is 0 Å². The minimum Gasteiger partial charge on any atom is -0.495 e. The van der Waals surface area contributed by atoms with Gasteiger partial charge < -0.3 is 14.0 Å². The van der Waals surface area contributed by atoms with E-state index in [-0.39, 0.29) is 27.8 Å². The lowest BCUT2D eigenvalue weighted by molar-refractivity contribution is 0.361. The molecule has 1 fully saturated rings. The SMILES string of the molecule is COc1ccnc(OC)c1S(=O)(=O)Nc1noc2c1C[C@@]1(C[C@@H]1C)c1ccc(Br)cc1-2. The highest BCUT2D eigenvalue weighted by molar-refractivity contribution is 9.10. The number of pyridine rings is 1. The van der Waals surface area contributed by atoms with Crippen LogP contribution in [0.4, 0.5) is 5.82 Å². The van der Waals surface area contributed by atoms with Gasteiger partial charge in [-0.1, -0.05) is 34.1 Å². The predicted molar refractivity (Wildman–Crippen MR) is 117 cm³/mol. The van der Waals surface area contributed by atoms with E-state index in [0.717, 1.165) is 22.0 Å². The number of anilines is 1. The van der Waals surface area contributed by atoms with Crippen molar-refractivity contribution in [2.75, 3.05) is 18.9 Å². The Balaban J connectivity index is 1.61. The average molecular weight is 506 g/mol. The number of fused-ring (bicyclic) bond motifs is 4. The van der Waals surface area contributed by atoms with Gasteiger partial charge in [0.25, 0.3) is 10.0 Å². The molecule has 1 spiro atoms. The molecule has 2 atom stereocenters. The van der Waals surface area contributed by atoms with Crippen LogP contribution in [-0.4, -0.2) is 32.8 Å². The molecular weight excluding hydrogens is 486 g/mol. The van der Waals surface area contributed by atoms with Crippen LogP contribution in [-0.2, 0) is 21.9 Å². The van der Waals surface area contributed by atoms with E-state index in [2.05, 4.69) is 43.8 Å². The van der Waals surface area contributed by atoms with Gasteiger partial charge in [0.15, 0.2) is 16.5 Å². The summed E-state index contributed by atoms with van der Waals surface area (Å²) in [6, 6.07) is 7.60. The lowest BCUT2D eigenvalue weighted by atomic mass is 9.78. The molecule has 0 radical (unpaired) electrons. The van der Waals surface area contributed by atoms with Crippen LogP contribution in [0, 0.1) is 5.92 Å². The van der Waals surface area contributed by atoms with E-state index in [4.69, 9.17) is 14.0 Å². The number of methoxy groups -OCH3 is 2. The summed E-state index contributed by atoms with van der Waals surface area (Å²) in [7, 11) is -1.37. The van der Waals surface area contributed by atoms with Gasteiger partial charge in [0.2, 0.25) is 5.88 Å². The van der Waals surface area contributed by atoms with Gasteiger partial charge in [0, 0.05) is 33.3 Å². The number of ether oxygens (including phenoxy) is 2. The lowest BCUT2D eigenvalue weighted by Gasteiger charge is -2.25. The van der Waals surface area contributed by atoms with Gasteiger partial charge in [-0.3, -0.25) is 4.72 Å². The minimum absolute atomic E-state index is 0.0293. The number of sulfonamides is 1. The zero-order valence-electron chi connectivity index (χ0n) is 17.1. The molecule has 0 bridgehead atoms. The molecule has 0 saturated heterocycles. The number of benzene rings is 1. The van der Waals surface area contributed by atoms with Gasteiger partial charge in [0.1, 0.15) is 5.75 Å². The van der Waals surface area contributed by atoms with E-state index in [0.29, 0.717) is 18.1 Å². The van der Waals surface area contributed by atoms with Crippen molar-refractivity contribution in [3.63, 3.8) is 0 Å². The highest BCUT2D eigenvalue weighted by Gasteiger charge is 2.56. The average Bonchev–Trinajstić information content (AvgIpc) is 3.21. The van der Waals surface area contributed by atoms with Crippen LogP contribution in [0.3, 0.4) is 0 Å². The summed E-state index contributed by atoms with van der Waals surface area (Å²) in [5.41, 5.74) is 2.88. The normalized spacial score (nSPS) is 21.4. The molecule has 2 aliphatic carbocycles. The zero-order chi connectivity index (χ0) is 22.0. The molecule has 0 aliphatic heterocycles. The first kappa shape index (κ1) is 20.3.